The number of carbonyl (C=O) groups is 2. The van der Waals surface area contributed by atoms with Crippen LogP contribution in [0.4, 0.5) is 0 Å². The lowest BCUT2D eigenvalue weighted by Crippen LogP contribution is -2.57. The van der Waals surface area contributed by atoms with E-state index < -0.39 is 11.1 Å². The van der Waals surface area contributed by atoms with Gasteiger partial charge in [-0.05, 0) is 22.3 Å². The first-order valence-corrected chi connectivity index (χ1v) is 15.1. The number of hydrazone groups is 2. The maximum Gasteiger partial charge on any atom is 0.262 e. The lowest BCUT2D eigenvalue weighted by molar-refractivity contribution is -0.126. The minimum absolute atomic E-state index is 0.178. The van der Waals surface area contributed by atoms with Crippen LogP contribution in [0, 0.1) is 0 Å². The van der Waals surface area contributed by atoms with E-state index in [1.54, 1.807) is 0 Å². The van der Waals surface area contributed by atoms with Gasteiger partial charge in [-0.15, -0.1) is 0 Å². The molecule has 2 aliphatic carbocycles. The molecule has 10 heteroatoms. The van der Waals surface area contributed by atoms with Gasteiger partial charge in [-0.1, -0.05) is 121 Å². The van der Waals surface area contributed by atoms with Gasteiger partial charge in [0.2, 0.25) is 0 Å². The molecule has 4 N–H and O–H groups in total. The highest BCUT2D eigenvalue weighted by Gasteiger charge is 2.52. The normalized spacial score (nSPS) is 18.1. The summed E-state index contributed by atoms with van der Waals surface area (Å²) < 4.78 is 0. The van der Waals surface area contributed by atoms with E-state index >= 15 is 0 Å². The van der Waals surface area contributed by atoms with Gasteiger partial charge in [0.1, 0.15) is 0 Å². The molecule has 4 aromatic rings. The van der Waals surface area contributed by atoms with Gasteiger partial charge >= 0.3 is 0 Å². The average Bonchev–Trinajstić information content (AvgIpc) is 3.46. The molecule has 8 rings (SSSR count). The van der Waals surface area contributed by atoms with Crippen molar-refractivity contribution in [1.82, 2.24) is 21.5 Å². The number of amidine groups is 2. The van der Waals surface area contributed by atoms with Crippen LogP contribution in [0.25, 0.3) is 22.3 Å². The second-order valence-electron chi connectivity index (χ2n) is 10.1. The van der Waals surface area contributed by atoms with Crippen molar-refractivity contribution in [3.8, 4) is 22.3 Å². The predicted octanol–water partition coefficient (Wildman–Crippen LogP) is 4.24. The van der Waals surface area contributed by atoms with Crippen LogP contribution in [0.3, 0.4) is 0 Å². The van der Waals surface area contributed by atoms with Crippen LogP contribution in [0.2, 0.25) is 0 Å². The van der Waals surface area contributed by atoms with Crippen LogP contribution in [-0.2, 0) is 20.7 Å². The SMILES string of the molecule is O=C1NC(SCSC2=NNC3(C(=O)N2)c2ccccc2-c2ccccc23)=NNC12c1ccccc1-c1ccccc12. The Morgan fingerprint density at radius 2 is 0.829 bits per heavy atom. The van der Waals surface area contributed by atoms with Crippen molar-refractivity contribution in [3.05, 3.63) is 119 Å². The van der Waals surface area contributed by atoms with E-state index in [4.69, 9.17) is 0 Å². The summed E-state index contributed by atoms with van der Waals surface area (Å²) in [7, 11) is 0. The van der Waals surface area contributed by atoms with Gasteiger partial charge in [0, 0.05) is 22.3 Å². The molecule has 0 aromatic heterocycles. The van der Waals surface area contributed by atoms with Crippen molar-refractivity contribution in [3.63, 3.8) is 0 Å². The van der Waals surface area contributed by atoms with E-state index in [9.17, 15) is 9.59 Å². The fraction of sp³-hybridized carbons (Fsp3) is 0.0968. The number of nitrogens with zero attached hydrogens (tertiary/aromatic N) is 2. The summed E-state index contributed by atoms with van der Waals surface area (Å²) in [6.07, 6.45) is 0. The molecule has 0 fully saturated rings. The number of thioether (sulfide) groups is 2. The highest BCUT2D eigenvalue weighted by atomic mass is 32.2. The molecular weight excluding hydrogens is 553 g/mol. The number of hydrogen-bond donors (Lipinski definition) is 4. The molecule has 0 saturated heterocycles. The Balaban J connectivity index is 0.996. The summed E-state index contributed by atoms with van der Waals surface area (Å²) in [5, 5.41) is 16.5. The van der Waals surface area contributed by atoms with Crippen LogP contribution in [0.15, 0.2) is 107 Å². The number of fused-ring (bicyclic) bond motifs is 10. The molecule has 41 heavy (non-hydrogen) atoms. The number of amides is 2. The largest absolute Gasteiger partial charge is 0.301 e. The van der Waals surface area contributed by atoms with Crippen molar-refractivity contribution in [2.45, 2.75) is 11.1 Å². The number of hydrogen-bond acceptors (Lipinski definition) is 8. The topological polar surface area (TPSA) is 107 Å². The van der Waals surface area contributed by atoms with Crippen molar-refractivity contribution < 1.29 is 9.59 Å². The van der Waals surface area contributed by atoms with Crippen molar-refractivity contribution in [1.29, 1.82) is 0 Å². The second-order valence-corrected chi connectivity index (χ2v) is 12.3. The van der Waals surface area contributed by atoms with E-state index in [2.05, 4.69) is 31.7 Å². The maximum absolute atomic E-state index is 13.6. The van der Waals surface area contributed by atoms with Gasteiger partial charge in [-0.3, -0.25) is 20.4 Å². The van der Waals surface area contributed by atoms with Crippen LogP contribution in [-0.4, -0.2) is 27.2 Å². The molecule has 0 bridgehead atoms. The van der Waals surface area contributed by atoms with Gasteiger partial charge in [0.25, 0.3) is 11.8 Å². The molecule has 4 aliphatic rings. The lowest BCUT2D eigenvalue weighted by atomic mass is 9.87. The molecular formula is C31H22N6O2S2. The first-order chi connectivity index (χ1) is 20.1. The quantitative estimate of drug-likeness (QED) is 0.267. The Hall–Kier alpha value is -4.54. The van der Waals surface area contributed by atoms with Crippen LogP contribution < -0.4 is 21.5 Å². The van der Waals surface area contributed by atoms with Crippen molar-refractivity contribution in [2.75, 3.05) is 5.08 Å². The molecule has 8 nitrogen and oxygen atoms in total. The third-order valence-electron chi connectivity index (χ3n) is 8.07. The van der Waals surface area contributed by atoms with Crippen LogP contribution >= 0.6 is 23.5 Å². The summed E-state index contributed by atoms with van der Waals surface area (Å²) in [6.45, 7) is 0. The van der Waals surface area contributed by atoms with E-state index in [-0.39, 0.29) is 11.8 Å². The average molecular weight is 575 g/mol. The minimum Gasteiger partial charge on any atom is -0.301 e. The van der Waals surface area contributed by atoms with Crippen molar-refractivity contribution >= 4 is 45.7 Å². The Kier molecular flexibility index (Phi) is 5.32. The highest BCUT2D eigenvalue weighted by molar-refractivity contribution is 8.29. The van der Waals surface area contributed by atoms with Gasteiger partial charge in [-0.2, -0.15) is 10.2 Å². The Bertz CT molecular complexity index is 1630. The van der Waals surface area contributed by atoms with E-state index in [1.807, 2.05) is 97.1 Å². The van der Waals surface area contributed by atoms with Gasteiger partial charge in [0.15, 0.2) is 21.4 Å². The molecule has 2 spiro atoms. The number of benzene rings is 4. The number of nitrogens with one attached hydrogen (secondary N) is 4. The third-order valence-corrected chi connectivity index (χ3v) is 9.94. The third kappa shape index (κ3) is 3.31. The number of carbonyl (C=O) groups excluding carboxylic acids is 2. The lowest BCUT2D eigenvalue weighted by Gasteiger charge is -2.34. The second kappa shape index (κ2) is 8.98. The number of rotatable bonds is 2. The molecule has 2 aliphatic heterocycles. The zero-order valence-electron chi connectivity index (χ0n) is 21.5. The molecule has 0 radical (unpaired) electrons. The molecule has 0 saturated carbocycles. The molecule has 2 heterocycles. The zero-order chi connectivity index (χ0) is 27.6. The Morgan fingerprint density at radius 1 is 0.512 bits per heavy atom. The van der Waals surface area contributed by atoms with Crippen molar-refractivity contribution in [2.24, 2.45) is 10.2 Å². The zero-order valence-corrected chi connectivity index (χ0v) is 23.1. The molecule has 0 atom stereocenters. The summed E-state index contributed by atoms with van der Waals surface area (Å²) >= 11 is 2.72. The minimum atomic E-state index is -1.07. The summed E-state index contributed by atoms with van der Waals surface area (Å²) in [4.78, 5) is 27.3. The van der Waals surface area contributed by atoms with E-state index in [0.29, 0.717) is 15.4 Å². The first kappa shape index (κ1) is 24.3. The highest BCUT2D eigenvalue weighted by Crippen LogP contribution is 2.49. The fourth-order valence-corrected chi connectivity index (χ4v) is 7.97. The first-order valence-electron chi connectivity index (χ1n) is 13.1. The van der Waals surface area contributed by atoms with Crippen LogP contribution in [0.5, 0.6) is 0 Å². The standard InChI is InChI=1S/C31H22N6O2S2/c38-26-30(22-13-5-1-9-18(22)19-10-2-6-14-23(19)30)36-34-28(32-26)40-17-41-29-33-27(39)31(37-35-29)24-15-7-3-11-20(24)21-12-4-8-16-25(21)31/h1-16,36-37H,17H2,(H,32,34,38)(H,33,35,39). The molecule has 200 valence electrons. The molecule has 4 aromatic carbocycles. The smallest absolute Gasteiger partial charge is 0.262 e. The van der Waals surface area contributed by atoms with Crippen LogP contribution in [0.1, 0.15) is 22.3 Å². The Labute approximate surface area is 244 Å². The summed E-state index contributed by atoms with van der Waals surface area (Å²) in [5.41, 5.74) is 11.9. The maximum atomic E-state index is 13.6. The van der Waals surface area contributed by atoms with Gasteiger partial charge < -0.3 is 10.6 Å². The predicted molar refractivity (Wildman–Crippen MR) is 163 cm³/mol. The van der Waals surface area contributed by atoms with Gasteiger partial charge in [0.05, 0.1) is 5.08 Å². The summed E-state index contributed by atoms with van der Waals surface area (Å²) in [5.74, 6) is -0.356. The molecule has 2 amide bonds. The van der Waals surface area contributed by atoms with Gasteiger partial charge in [-0.25, -0.2) is 0 Å². The van der Waals surface area contributed by atoms with E-state index in [0.717, 1.165) is 44.5 Å². The van der Waals surface area contributed by atoms with E-state index in [1.165, 1.54) is 23.5 Å². The fourth-order valence-electron chi connectivity index (χ4n) is 6.29. The Morgan fingerprint density at radius 3 is 1.15 bits per heavy atom. The monoisotopic (exact) mass is 574 g/mol. The summed E-state index contributed by atoms with van der Waals surface area (Å²) in [6, 6.07) is 31.7. The molecule has 0 unspecified atom stereocenters.